The lowest BCUT2D eigenvalue weighted by Crippen LogP contribution is -2.16. The summed E-state index contributed by atoms with van der Waals surface area (Å²) in [4.78, 5) is 3.00. The smallest absolute Gasteiger partial charge is 0.0668 e. The van der Waals surface area contributed by atoms with Crippen molar-refractivity contribution in [2.24, 2.45) is 0 Å². The lowest BCUT2D eigenvalue weighted by molar-refractivity contribution is 0.703. The maximum absolute atomic E-state index is 5.95. The Morgan fingerprint density at radius 2 is 2.00 bits per heavy atom. The van der Waals surface area contributed by atoms with E-state index < -0.39 is 0 Å². The summed E-state index contributed by atoms with van der Waals surface area (Å²) in [6, 6.07) is 10.8. The number of nitrogens with one attached hydrogen (secondary N) is 1. The molecule has 0 aliphatic heterocycles. The Hall–Kier alpha value is -0.830. The molecule has 3 heteroatoms. The van der Waals surface area contributed by atoms with Crippen LogP contribution in [0.3, 0.4) is 0 Å². The minimum atomic E-state index is 0.290. The summed E-state index contributed by atoms with van der Waals surface area (Å²) >= 11 is 7.91. The van der Waals surface area contributed by atoms with Gasteiger partial charge in [0, 0.05) is 14.8 Å². The fraction of sp³-hybridized carbons (Fsp3) is 0.333. The number of hydrogen-bond acceptors (Lipinski definition) is 2. The summed E-state index contributed by atoms with van der Waals surface area (Å²) in [5, 5.41) is 4.20. The summed E-state index contributed by atoms with van der Waals surface area (Å²) in [6.07, 6.45) is 3.84. The largest absolute Gasteiger partial charge is 0.309 e. The first-order valence-electron chi connectivity index (χ1n) is 6.32. The fourth-order valence-electron chi connectivity index (χ4n) is 2.62. The minimum Gasteiger partial charge on any atom is -0.309 e. The molecule has 0 saturated carbocycles. The molecule has 1 aromatic carbocycles. The van der Waals surface area contributed by atoms with E-state index in [1.807, 2.05) is 30.5 Å². The highest BCUT2D eigenvalue weighted by Gasteiger charge is 2.20. The Kier molecular flexibility index (Phi) is 3.42. The second-order valence-corrected chi connectivity index (χ2v) is 6.33. The zero-order valence-electron chi connectivity index (χ0n) is 10.4. The molecule has 2 aromatic rings. The normalized spacial score (nSPS) is 15.7. The highest BCUT2D eigenvalue weighted by Crippen LogP contribution is 2.36. The zero-order chi connectivity index (χ0) is 12.5. The van der Waals surface area contributed by atoms with Gasteiger partial charge in [-0.25, -0.2) is 0 Å². The van der Waals surface area contributed by atoms with E-state index in [2.05, 4.69) is 23.5 Å². The summed E-state index contributed by atoms with van der Waals surface area (Å²) in [7, 11) is 2.02. The van der Waals surface area contributed by atoms with Crippen molar-refractivity contribution in [1.29, 1.82) is 0 Å². The van der Waals surface area contributed by atoms with E-state index in [1.165, 1.54) is 29.7 Å². The minimum absolute atomic E-state index is 0.290. The summed E-state index contributed by atoms with van der Waals surface area (Å²) < 4.78 is 0. The van der Waals surface area contributed by atoms with Gasteiger partial charge in [0.2, 0.25) is 0 Å². The van der Waals surface area contributed by atoms with E-state index in [-0.39, 0.29) is 6.04 Å². The van der Waals surface area contributed by atoms with Crippen LogP contribution in [-0.2, 0) is 12.8 Å². The molecule has 1 nitrogen and oxygen atoms in total. The molecule has 0 amide bonds. The molecule has 1 aromatic heterocycles. The average Bonchev–Trinajstić information content (AvgIpc) is 2.93. The lowest BCUT2D eigenvalue weighted by Gasteiger charge is -2.15. The van der Waals surface area contributed by atoms with Gasteiger partial charge in [-0.3, -0.25) is 0 Å². The van der Waals surface area contributed by atoms with E-state index >= 15 is 0 Å². The molecule has 1 unspecified atom stereocenters. The quantitative estimate of drug-likeness (QED) is 0.887. The topological polar surface area (TPSA) is 12.0 Å². The number of benzene rings is 1. The van der Waals surface area contributed by atoms with E-state index in [9.17, 15) is 0 Å². The second kappa shape index (κ2) is 5.04. The molecule has 1 N–H and O–H groups in total. The maximum atomic E-state index is 5.95. The third-order valence-corrected chi connectivity index (χ3v) is 5.10. The number of hydrogen-bond donors (Lipinski definition) is 1. The highest BCUT2D eigenvalue weighted by molar-refractivity contribution is 7.12. The molecule has 0 bridgehead atoms. The van der Waals surface area contributed by atoms with Crippen LogP contribution < -0.4 is 5.32 Å². The van der Waals surface area contributed by atoms with Crippen LogP contribution in [0.15, 0.2) is 30.3 Å². The second-order valence-electron chi connectivity index (χ2n) is 4.72. The summed E-state index contributed by atoms with van der Waals surface area (Å²) in [6.45, 7) is 0. The molecule has 1 atom stereocenters. The predicted octanol–water partition coefficient (Wildman–Crippen LogP) is 4.20. The van der Waals surface area contributed by atoms with Crippen molar-refractivity contribution in [2.75, 3.05) is 7.05 Å². The first-order chi connectivity index (χ1) is 8.78. The summed E-state index contributed by atoms with van der Waals surface area (Å²) in [5.41, 5.74) is 2.84. The van der Waals surface area contributed by atoms with E-state index in [4.69, 9.17) is 11.6 Å². The first kappa shape index (κ1) is 12.2. The Balaban J connectivity index is 1.93. The molecule has 0 spiro atoms. The third-order valence-electron chi connectivity index (χ3n) is 3.54. The van der Waals surface area contributed by atoms with Crippen LogP contribution in [0.25, 0.3) is 0 Å². The molecular weight excluding hydrogens is 262 g/mol. The Morgan fingerprint density at radius 3 is 2.67 bits per heavy atom. The molecule has 3 rings (SSSR count). The number of rotatable bonds is 3. The molecule has 1 aliphatic rings. The van der Waals surface area contributed by atoms with Gasteiger partial charge in [-0.15, -0.1) is 11.3 Å². The predicted molar refractivity (Wildman–Crippen MR) is 78.7 cm³/mol. The van der Waals surface area contributed by atoms with Gasteiger partial charge in [0.15, 0.2) is 0 Å². The van der Waals surface area contributed by atoms with E-state index in [1.54, 1.807) is 10.4 Å². The van der Waals surface area contributed by atoms with Crippen LogP contribution in [0.2, 0.25) is 5.02 Å². The van der Waals surface area contributed by atoms with Crippen LogP contribution in [0.1, 0.15) is 33.3 Å². The number of halogens is 1. The molecule has 0 saturated heterocycles. The zero-order valence-corrected chi connectivity index (χ0v) is 11.9. The molecule has 1 aliphatic carbocycles. The molecule has 0 radical (unpaired) electrons. The van der Waals surface area contributed by atoms with Gasteiger partial charge in [-0.2, -0.15) is 0 Å². The van der Waals surface area contributed by atoms with Crippen LogP contribution in [0.5, 0.6) is 0 Å². The number of thiophene rings is 1. The Morgan fingerprint density at radius 1 is 1.22 bits per heavy atom. The Bertz CT molecular complexity index is 523. The van der Waals surface area contributed by atoms with Crippen molar-refractivity contribution in [3.63, 3.8) is 0 Å². The number of fused-ring (bicyclic) bond motifs is 1. The standard InChI is InChI=1S/C15H16ClNS/c1-17-15(10-5-7-12(16)8-6-10)14-9-11-3-2-4-13(11)18-14/h5-9,15,17H,2-4H2,1H3. The molecular formula is C15H16ClNS. The van der Waals surface area contributed by atoms with Gasteiger partial charge < -0.3 is 5.32 Å². The van der Waals surface area contributed by atoms with E-state index in [0.717, 1.165) is 5.02 Å². The fourth-order valence-corrected chi connectivity index (χ4v) is 4.14. The van der Waals surface area contributed by atoms with Gasteiger partial charge in [0.1, 0.15) is 0 Å². The molecule has 1 heterocycles. The SMILES string of the molecule is CNC(c1ccc(Cl)cc1)c1cc2c(s1)CCC2. The maximum Gasteiger partial charge on any atom is 0.0668 e. The van der Waals surface area contributed by atoms with Gasteiger partial charge in [0.25, 0.3) is 0 Å². The van der Waals surface area contributed by atoms with Crippen LogP contribution in [-0.4, -0.2) is 7.05 Å². The van der Waals surface area contributed by atoms with E-state index in [0.29, 0.717) is 0 Å². The van der Waals surface area contributed by atoms with Crippen LogP contribution >= 0.6 is 22.9 Å². The van der Waals surface area contributed by atoms with Crippen molar-refractivity contribution in [3.05, 3.63) is 56.2 Å². The molecule has 94 valence electrons. The van der Waals surface area contributed by atoms with Crippen LogP contribution in [0.4, 0.5) is 0 Å². The summed E-state index contributed by atoms with van der Waals surface area (Å²) in [5.74, 6) is 0. The third kappa shape index (κ3) is 2.20. The Labute approximate surface area is 117 Å². The van der Waals surface area contributed by atoms with Gasteiger partial charge in [-0.05, 0) is 55.6 Å². The van der Waals surface area contributed by atoms with Gasteiger partial charge >= 0.3 is 0 Å². The lowest BCUT2D eigenvalue weighted by atomic mass is 10.0. The first-order valence-corrected chi connectivity index (χ1v) is 7.51. The average molecular weight is 278 g/mol. The van der Waals surface area contributed by atoms with Crippen molar-refractivity contribution in [3.8, 4) is 0 Å². The van der Waals surface area contributed by atoms with Crippen molar-refractivity contribution in [1.82, 2.24) is 5.32 Å². The molecule has 18 heavy (non-hydrogen) atoms. The van der Waals surface area contributed by atoms with Crippen LogP contribution in [0, 0.1) is 0 Å². The van der Waals surface area contributed by atoms with Crippen molar-refractivity contribution >= 4 is 22.9 Å². The van der Waals surface area contributed by atoms with Gasteiger partial charge in [-0.1, -0.05) is 23.7 Å². The molecule has 0 fully saturated rings. The number of aryl methyl sites for hydroxylation is 2. The monoisotopic (exact) mass is 277 g/mol. The van der Waals surface area contributed by atoms with Gasteiger partial charge in [0.05, 0.1) is 6.04 Å². The highest BCUT2D eigenvalue weighted by atomic mass is 35.5. The van der Waals surface area contributed by atoms with Crippen molar-refractivity contribution in [2.45, 2.75) is 25.3 Å². The van der Waals surface area contributed by atoms with Crippen molar-refractivity contribution < 1.29 is 0 Å².